The average Bonchev–Trinajstić information content (AvgIpc) is 2.98. The highest BCUT2D eigenvalue weighted by Gasteiger charge is 2.18. The monoisotopic (exact) mass is 293 g/mol. The molecule has 0 amide bonds. The summed E-state index contributed by atoms with van der Waals surface area (Å²) >= 11 is 1.30. The van der Waals surface area contributed by atoms with Gasteiger partial charge < -0.3 is 9.47 Å². The lowest BCUT2D eigenvalue weighted by atomic mass is 10.2. The maximum atomic E-state index is 11.8. The summed E-state index contributed by atoms with van der Waals surface area (Å²) in [6.45, 7) is -0.242. The molecular formula is C13H11NO5S. The molecule has 20 heavy (non-hydrogen) atoms. The van der Waals surface area contributed by atoms with Crippen molar-refractivity contribution >= 4 is 22.8 Å². The predicted molar refractivity (Wildman–Crippen MR) is 73.8 cm³/mol. The zero-order valence-corrected chi connectivity index (χ0v) is 11.4. The topological polar surface area (TPSA) is 78.7 Å². The van der Waals surface area contributed by atoms with Gasteiger partial charge >= 0.3 is 5.69 Å². The van der Waals surface area contributed by atoms with Gasteiger partial charge in [-0.25, -0.2) is 0 Å². The van der Waals surface area contributed by atoms with Crippen LogP contribution in [0.4, 0.5) is 5.69 Å². The number of methoxy groups -OCH3 is 1. The summed E-state index contributed by atoms with van der Waals surface area (Å²) in [5.41, 5.74) is -0.233. The van der Waals surface area contributed by atoms with E-state index in [1.807, 2.05) is 0 Å². The minimum absolute atomic E-state index is 0.0423. The number of ketones is 1. The summed E-state index contributed by atoms with van der Waals surface area (Å²) in [7, 11) is 1.42. The molecule has 1 heterocycles. The molecule has 0 fully saturated rings. The molecule has 0 atom stereocenters. The van der Waals surface area contributed by atoms with Crippen LogP contribution in [-0.2, 0) is 0 Å². The van der Waals surface area contributed by atoms with Crippen LogP contribution >= 0.6 is 11.3 Å². The van der Waals surface area contributed by atoms with Crippen molar-refractivity contribution < 1.29 is 19.2 Å². The number of rotatable bonds is 6. The third-order valence-corrected chi connectivity index (χ3v) is 3.43. The van der Waals surface area contributed by atoms with Crippen LogP contribution in [0.1, 0.15) is 9.67 Å². The van der Waals surface area contributed by atoms with Crippen LogP contribution < -0.4 is 9.47 Å². The Balaban J connectivity index is 2.13. The summed E-state index contributed by atoms with van der Waals surface area (Å²) in [5, 5.41) is 12.7. The van der Waals surface area contributed by atoms with Gasteiger partial charge in [0.1, 0.15) is 5.75 Å². The molecule has 6 nitrogen and oxygen atoms in total. The molecule has 0 unspecified atom stereocenters. The Labute approximate surface area is 118 Å². The number of nitro benzene ring substituents is 1. The first-order valence-electron chi connectivity index (χ1n) is 5.63. The molecule has 0 aliphatic rings. The van der Waals surface area contributed by atoms with Gasteiger partial charge in [-0.15, -0.1) is 11.3 Å². The number of Topliss-reactive ketones (excluding diaryl/α,β-unsaturated/α-hetero) is 1. The van der Waals surface area contributed by atoms with E-state index in [1.165, 1.54) is 36.6 Å². The van der Waals surface area contributed by atoms with Gasteiger partial charge in [0.2, 0.25) is 5.78 Å². The lowest BCUT2D eigenvalue weighted by Gasteiger charge is -2.07. The van der Waals surface area contributed by atoms with Gasteiger partial charge in [0.05, 0.1) is 23.0 Å². The Kier molecular flexibility index (Phi) is 4.31. The van der Waals surface area contributed by atoms with E-state index < -0.39 is 4.92 Å². The van der Waals surface area contributed by atoms with Crippen LogP contribution in [0.2, 0.25) is 0 Å². The van der Waals surface area contributed by atoms with Crippen molar-refractivity contribution in [3.8, 4) is 11.5 Å². The van der Waals surface area contributed by atoms with Gasteiger partial charge in [0, 0.05) is 0 Å². The summed E-state index contributed by atoms with van der Waals surface area (Å²) in [4.78, 5) is 22.7. The van der Waals surface area contributed by atoms with E-state index in [4.69, 9.17) is 9.47 Å². The smallest absolute Gasteiger partial charge is 0.314 e. The number of hydrogen-bond acceptors (Lipinski definition) is 6. The minimum Gasteiger partial charge on any atom is -0.496 e. The van der Waals surface area contributed by atoms with Crippen molar-refractivity contribution in [2.45, 2.75) is 0 Å². The van der Waals surface area contributed by atoms with Crippen molar-refractivity contribution in [2.75, 3.05) is 13.7 Å². The summed E-state index contributed by atoms with van der Waals surface area (Å²) in [6, 6.07) is 7.65. The molecule has 0 spiro atoms. The number of nitro groups is 1. The van der Waals surface area contributed by atoms with Crippen LogP contribution in [-0.4, -0.2) is 24.4 Å². The first-order valence-corrected chi connectivity index (χ1v) is 6.51. The lowest BCUT2D eigenvalue weighted by Crippen LogP contribution is -2.11. The van der Waals surface area contributed by atoms with Gasteiger partial charge in [0.25, 0.3) is 0 Å². The standard InChI is InChI=1S/C13H11NO5S/c1-18-9-4-5-12(10(7-9)14(16)17)19-8-11(15)13-3-2-6-20-13/h2-7H,8H2,1H3. The molecule has 0 bridgehead atoms. The van der Waals surface area contributed by atoms with Gasteiger partial charge in [-0.3, -0.25) is 14.9 Å². The summed E-state index contributed by atoms with van der Waals surface area (Å²) in [5.74, 6) is 0.180. The minimum atomic E-state index is -0.576. The summed E-state index contributed by atoms with van der Waals surface area (Å²) in [6.07, 6.45) is 0. The fraction of sp³-hybridized carbons (Fsp3) is 0.154. The zero-order chi connectivity index (χ0) is 14.5. The Morgan fingerprint density at radius 3 is 2.80 bits per heavy atom. The first-order chi connectivity index (χ1) is 9.61. The van der Waals surface area contributed by atoms with Crippen LogP contribution in [0.25, 0.3) is 0 Å². The molecule has 1 aromatic carbocycles. The van der Waals surface area contributed by atoms with E-state index in [1.54, 1.807) is 17.5 Å². The Bertz CT molecular complexity index is 624. The SMILES string of the molecule is COc1ccc(OCC(=O)c2cccs2)c([N+](=O)[O-])c1. The highest BCUT2D eigenvalue weighted by molar-refractivity contribution is 7.12. The van der Waals surface area contributed by atoms with E-state index >= 15 is 0 Å². The van der Waals surface area contributed by atoms with Crippen molar-refractivity contribution in [1.29, 1.82) is 0 Å². The molecule has 2 rings (SSSR count). The second-order valence-corrected chi connectivity index (χ2v) is 4.73. The predicted octanol–water partition coefficient (Wildman–Crippen LogP) is 2.93. The molecular weight excluding hydrogens is 282 g/mol. The molecule has 0 saturated carbocycles. The molecule has 0 saturated heterocycles. The number of ether oxygens (including phenoxy) is 2. The normalized spacial score (nSPS) is 10.1. The largest absolute Gasteiger partial charge is 0.496 e. The third kappa shape index (κ3) is 3.12. The molecule has 1 aromatic heterocycles. The van der Waals surface area contributed by atoms with E-state index in [2.05, 4.69) is 0 Å². The van der Waals surface area contributed by atoms with E-state index in [9.17, 15) is 14.9 Å². The maximum Gasteiger partial charge on any atom is 0.314 e. The number of carbonyl (C=O) groups excluding carboxylic acids is 1. The number of nitrogens with zero attached hydrogens (tertiary/aromatic N) is 1. The van der Waals surface area contributed by atoms with Crippen LogP contribution in [0.3, 0.4) is 0 Å². The van der Waals surface area contributed by atoms with Gasteiger partial charge in [-0.2, -0.15) is 0 Å². The molecule has 7 heteroatoms. The van der Waals surface area contributed by atoms with Gasteiger partial charge in [-0.05, 0) is 23.6 Å². The average molecular weight is 293 g/mol. The van der Waals surface area contributed by atoms with Gasteiger partial charge in [0.15, 0.2) is 12.4 Å². The number of benzene rings is 1. The maximum absolute atomic E-state index is 11.8. The fourth-order valence-corrected chi connectivity index (χ4v) is 2.19. The number of carbonyl (C=O) groups is 1. The molecule has 0 aliphatic carbocycles. The highest BCUT2D eigenvalue weighted by atomic mass is 32.1. The van der Waals surface area contributed by atoms with E-state index in [-0.39, 0.29) is 23.8 Å². The van der Waals surface area contributed by atoms with Gasteiger partial charge in [-0.1, -0.05) is 6.07 Å². The molecule has 0 N–H and O–H groups in total. The lowest BCUT2D eigenvalue weighted by molar-refractivity contribution is -0.385. The van der Waals surface area contributed by atoms with Crippen molar-refractivity contribution in [2.24, 2.45) is 0 Å². The molecule has 2 aromatic rings. The first kappa shape index (κ1) is 14.0. The highest BCUT2D eigenvalue weighted by Crippen LogP contribution is 2.31. The van der Waals surface area contributed by atoms with Crippen LogP contribution in [0.15, 0.2) is 35.7 Å². The quantitative estimate of drug-likeness (QED) is 0.465. The second kappa shape index (κ2) is 6.16. The second-order valence-electron chi connectivity index (χ2n) is 3.78. The van der Waals surface area contributed by atoms with Crippen LogP contribution in [0.5, 0.6) is 11.5 Å². The summed E-state index contributed by atoms with van der Waals surface area (Å²) < 4.78 is 10.2. The third-order valence-electron chi connectivity index (χ3n) is 2.52. The molecule has 104 valence electrons. The zero-order valence-electron chi connectivity index (χ0n) is 10.6. The van der Waals surface area contributed by atoms with E-state index in [0.717, 1.165) is 0 Å². The van der Waals surface area contributed by atoms with Crippen molar-refractivity contribution in [3.05, 3.63) is 50.7 Å². The Morgan fingerprint density at radius 2 is 2.20 bits per heavy atom. The van der Waals surface area contributed by atoms with Crippen LogP contribution in [0, 0.1) is 10.1 Å². The molecule has 0 radical (unpaired) electrons. The number of hydrogen-bond donors (Lipinski definition) is 0. The number of thiophene rings is 1. The Hall–Kier alpha value is -2.41. The van der Waals surface area contributed by atoms with E-state index in [0.29, 0.717) is 10.6 Å². The Morgan fingerprint density at radius 1 is 1.40 bits per heavy atom. The van der Waals surface area contributed by atoms with Crippen molar-refractivity contribution in [1.82, 2.24) is 0 Å². The van der Waals surface area contributed by atoms with Crippen molar-refractivity contribution in [3.63, 3.8) is 0 Å². The molecule has 0 aliphatic heterocycles. The fourth-order valence-electron chi connectivity index (χ4n) is 1.54.